The smallest absolute Gasteiger partial charge is 0.216 e. The maximum absolute atomic E-state index is 5.36. The number of hydrogen-bond donors (Lipinski definition) is 1. The zero-order valence-electron chi connectivity index (χ0n) is 13.9. The van der Waals surface area contributed by atoms with E-state index >= 15 is 0 Å². The summed E-state index contributed by atoms with van der Waals surface area (Å²) in [7, 11) is 1.59. The van der Waals surface area contributed by atoms with Gasteiger partial charge in [-0.1, -0.05) is 32.0 Å². The van der Waals surface area contributed by atoms with Gasteiger partial charge in [0.2, 0.25) is 5.88 Å². The lowest BCUT2D eigenvalue weighted by molar-refractivity contribution is 0.397. The van der Waals surface area contributed by atoms with Crippen LogP contribution in [0, 0.1) is 6.92 Å². The van der Waals surface area contributed by atoms with Gasteiger partial charge in [0.25, 0.3) is 0 Å². The topological polar surface area (TPSA) is 73.9 Å². The predicted octanol–water partition coefficient (Wildman–Crippen LogP) is 4.21. The van der Waals surface area contributed by atoms with Crippen LogP contribution in [0.15, 0.2) is 48.7 Å². The minimum atomic E-state index is 0.570. The summed E-state index contributed by atoms with van der Waals surface area (Å²) in [5, 5.41) is 0. The second kappa shape index (κ2) is 10.3. The van der Waals surface area contributed by atoms with Gasteiger partial charge in [-0.25, -0.2) is 4.98 Å². The second-order valence-corrected chi connectivity index (χ2v) is 4.97. The van der Waals surface area contributed by atoms with Crippen molar-refractivity contribution in [3.8, 4) is 16.6 Å². The number of benzene rings is 1. The van der Waals surface area contributed by atoms with Crippen molar-refractivity contribution in [2.45, 2.75) is 20.8 Å². The van der Waals surface area contributed by atoms with E-state index in [4.69, 9.17) is 10.5 Å². The van der Waals surface area contributed by atoms with Crippen molar-refractivity contribution in [1.82, 2.24) is 14.3 Å². The van der Waals surface area contributed by atoms with Crippen molar-refractivity contribution in [3.05, 3.63) is 54.4 Å². The summed E-state index contributed by atoms with van der Waals surface area (Å²) < 4.78 is 9.19. The van der Waals surface area contributed by atoms with Gasteiger partial charge in [0.05, 0.1) is 17.7 Å². The molecule has 0 atom stereocenters. The molecule has 2 N–H and O–H groups in total. The highest BCUT2D eigenvalue weighted by atomic mass is 32.1. The minimum absolute atomic E-state index is 0.570. The van der Waals surface area contributed by atoms with Crippen LogP contribution in [-0.2, 0) is 0 Å². The van der Waals surface area contributed by atoms with Gasteiger partial charge in [0.1, 0.15) is 0 Å². The number of ether oxygens (including phenoxy) is 1. The fourth-order valence-corrected chi connectivity index (χ4v) is 2.19. The molecule has 0 fully saturated rings. The summed E-state index contributed by atoms with van der Waals surface area (Å²) in [6, 6.07) is 13.2. The maximum Gasteiger partial charge on any atom is 0.216 e. The molecule has 0 saturated heterocycles. The van der Waals surface area contributed by atoms with Gasteiger partial charge in [0.15, 0.2) is 5.82 Å². The highest BCUT2D eigenvalue weighted by molar-refractivity contribution is 7.09. The summed E-state index contributed by atoms with van der Waals surface area (Å²) in [6.07, 6.45) is 1.68. The van der Waals surface area contributed by atoms with E-state index in [0.717, 1.165) is 16.3 Å². The van der Waals surface area contributed by atoms with Crippen LogP contribution in [0.25, 0.3) is 10.7 Å². The normalized spacial score (nSPS) is 9.04. The van der Waals surface area contributed by atoms with Gasteiger partial charge in [-0.2, -0.15) is 9.36 Å². The van der Waals surface area contributed by atoms with Crippen molar-refractivity contribution >= 4 is 17.2 Å². The first-order valence-corrected chi connectivity index (χ1v) is 8.07. The zero-order valence-corrected chi connectivity index (χ0v) is 14.7. The zero-order chi connectivity index (χ0) is 17.1. The van der Waals surface area contributed by atoms with Crippen LogP contribution < -0.4 is 10.5 Å². The van der Waals surface area contributed by atoms with Crippen LogP contribution in [0.2, 0.25) is 0 Å². The van der Waals surface area contributed by atoms with E-state index in [2.05, 4.69) is 14.3 Å². The number of para-hydroxylation sites is 1. The standard InChI is InChI=1S/C9H9N3OS.C6H7N.C2H6/c1-6-5-7(14-12-6)9-10-4-3-8(11-9)13-2;7-6-4-2-1-3-5-6;1-2/h3-5H,1-2H3;1-5H,7H2;1-2H3. The Bertz CT molecular complexity index is 686. The minimum Gasteiger partial charge on any atom is -0.481 e. The Morgan fingerprint density at radius 3 is 2.26 bits per heavy atom. The molecule has 2 aromatic heterocycles. The Morgan fingerprint density at radius 2 is 1.78 bits per heavy atom. The molecule has 5 nitrogen and oxygen atoms in total. The lowest BCUT2D eigenvalue weighted by Gasteiger charge is -1.98. The molecule has 3 aromatic rings. The average molecular weight is 330 g/mol. The van der Waals surface area contributed by atoms with Crippen LogP contribution in [0.1, 0.15) is 19.5 Å². The number of hydrogen-bond acceptors (Lipinski definition) is 6. The number of anilines is 1. The van der Waals surface area contributed by atoms with Crippen molar-refractivity contribution in [1.29, 1.82) is 0 Å². The summed E-state index contributed by atoms with van der Waals surface area (Å²) in [5.74, 6) is 1.23. The third-order valence-corrected chi connectivity index (χ3v) is 3.36. The molecular weight excluding hydrogens is 308 g/mol. The predicted molar refractivity (Wildman–Crippen MR) is 96.6 cm³/mol. The molecule has 2 heterocycles. The van der Waals surface area contributed by atoms with E-state index in [1.165, 1.54) is 11.5 Å². The third-order valence-electron chi connectivity index (χ3n) is 2.49. The van der Waals surface area contributed by atoms with Gasteiger partial charge >= 0.3 is 0 Å². The molecule has 0 aliphatic carbocycles. The first-order chi connectivity index (χ1) is 11.2. The lowest BCUT2D eigenvalue weighted by atomic mass is 10.3. The van der Waals surface area contributed by atoms with Crippen molar-refractivity contribution in [3.63, 3.8) is 0 Å². The molecule has 0 aliphatic heterocycles. The molecule has 0 radical (unpaired) electrons. The highest BCUT2D eigenvalue weighted by Crippen LogP contribution is 2.21. The summed E-state index contributed by atoms with van der Waals surface area (Å²) in [4.78, 5) is 9.32. The van der Waals surface area contributed by atoms with Crippen molar-refractivity contribution in [2.75, 3.05) is 12.8 Å². The number of rotatable bonds is 2. The Labute approximate surface area is 141 Å². The number of methoxy groups -OCH3 is 1. The van der Waals surface area contributed by atoms with Crippen molar-refractivity contribution < 1.29 is 4.74 Å². The summed E-state index contributed by atoms with van der Waals surface area (Å²) in [5.41, 5.74) is 7.16. The number of nitrogen functional groups attached to an aromatic ring is 1. The monoisotopic (exact) mass is 330 g/mol. The Kier molecular flexibility index (Phi) is 8.31. The Balaban J connectivity index is 0.000000247. The summed E-state index contributed by atoms with van der Waals surface area (Å²) >= 11 is 1.39. The van der Waals surface area contributed by atoms with Gasteiger partial charge in [0, 0.05) is 18.0 Å². The maximum atomic E-state index is 5.36. The molecule has 0 amide bonds. The average Bonchev–Trinajstić information content (AvgIpc) is 3.04. The first-order valence-electron chi connectivity index (χ1n) is 7.30. The first kappa shape index (κ1) is 18.6. The van der Waals surface area contributed by atoms with Gasteiger partial charge in [-0.3, -0.25) is 0 Å². The molecule has 122 valence electrons. The van der Waals surface area contributed by atoms with E-state index in [-0.39, 0.29) is 0 Å². The molecule has 1 aromatic carbocycles. The molecule has 0 unspecified atom stereocenters. The van der Waals surface area contributed by atoms with Gasteiger partial charge in [-0.05, 0) is 36.7 Å². The van der Waals surface area contributed by atoms with E-state index in [1.54, 1.807) is 19.4 Å². The van der Waals surface area contributed by atoms with Gasteiger partial charge in [-0.15, -0.1) is 0 Å². The van der Waals surface area contributed by atoms with Crippen LogP contribution in [0.3, 0.4) is 0 Å². The van der Waals surface area contributed by atoms with Crippen LogP contribution >= 0.6 is 11.5 Å². The van der Waals surface area contributed by atoms with Gasteiger partial charge < -0.3 is 10.5 Å². The molecule has 23 heavy (non-hydrogen) atoms. The Morgan fingerprint density at radius 1 is 1.09 bits per heavy atom. The van der Waals surface area contributed by atoms with E-state index in [9.17, 15) is 0 Å². The molecule has 3 rings (SSSR count). The summed E-state index contributed by atoms with van der Waals surface area (Å²) in [6.45, 7) is 5.94. The fraction of sp³-hybridized carbons (Fsp3) is 0.235. The quantitative estimate of drug-likeness (QED) is 0.712. The number of aromatic nitrogens is 3. The number of nitrogens with two attached hydrogens (primary N) is 1. The molecule has 0 bridgehead atoms. The van der Waals surface area contributed by atoms with E-state index in [0.29, 0.717) is 11.7 Å². The van der Waals surface area contributed by atoms with E-state index < -0.39 is 0 Å². The molecule has 0 spiro atoms. The number of aryl methyl sites for hydroxylation is 1. The third kappa shape index (κ3) is 6.44. The molecule has 6 heteroatoms. The van der Waals surface area contributed by atoms with Crippen LogP contribution in [-0.4, -0.2) is 21.5 Å². The Hall–Kier alpha value is -2.47. The molecule has 0 aliphatic rings. The fourth-order valence-electron chi connectivity index (χ4n) is 1.50. The number of nitrogens with zero attached hydrogens (tertiary/aromatic N) is 3. The van der Waals surface area contributed by atoms with Crippen LogP contribution in [0.5, 0.6) is 5.88 Å². The second-order valence-electron chi connectivity index (χ2n) is 4.17. The lowest BCUT2D eigenvalue weighted by Crippen LogP contribution is -1.90. The molecule has 0 saturated carbocycles. The van der Waals surface area contributed by atoms with E-state index in [1.807, 2.05) is 57.2 Å². The van der Waals surface area contributed by atoms with Crippen molar-refractivity contribution in [2.24, 2.45) is 0 Å². The highest BCUT2D eigenvalue weighted by Gasteiger charge is 2.05. The van der Waals surface area contributed by atoms with Crippen LogP contribution in [0.4, 0.5) is 5.69 Å². The molecular formula is C17H22N4OS. The largest absolute Gasteiger partial charge is 0.481 e. The SMILES string of the molecule is CC.COc1ccnc(-c2cc(C)ns2)n1.Nc1ccccc1.